The molecule has 3 heteroatoms. The van der Waals surface area contributed by atoms with Crippen molar-refractivity contribution in [2.24, 2.45) is 11.8 Å². The molecule has 0 aromatic rings. The number of nitrogens with zero attached hydrogens (tertiary/aromatic N) is 2. The minimum atomic E-state index is 0.879. The zero-order valence-electron chi connectivity index (χ0n) is 11.2. The molecule has 3 nitrogen and oxygen atoms in total. The number of hydrogen-bond acceptors (Lipinski definition) is 3. The Morgan fingerprint density at radius 2 is 1.94 bits per heavy atom. The van der Waals surface area contributed by atoms with Gasteiger partial charge in [0.1, 0.15) is 0 Å². The number of hydrogen-bond donors (Lipinski definition) is 1. The van der Waals surface area contributed by atoms with Gasteiger partial charge in [-0.2, -0.15) is 0 Å². The van der Waals surface area contributed by atoms with E-state index in [0.29, 0.717) is 0 Å². The van der Waals surface area contributed by atoms with Gasteiger partial charge in [-0.1, -0.05) is 6.92 Å². The Balaban J connectivity index is 1.43. The van der Waals surface area contributed by atoms with Gasteiger partial charge in [0, 0.05) is 19.1 Å². The van der Waals surface area contributed by atoms with E-state index in [0.717, 1.165) is 17.9 Å². The predicted octanol–water partition coefficient (Wildman–Crippen LogP) is 1.01. The molecule has 0 bridgehead atoms. The summed E-state index contributed by atoms with van der Waals surface area (Å²) < 4.78 is 0. The molecule has 0 aliphatic carbocycles. The Hall–Kier alpha value is -0.120. The third-order valence-corrected chi connectivity index (χ3v) is 5.07. The summed E-state index contributed by atoms with van der Waals surface area (Å²) in [5.74, 6) is 1.83. The molecule has 1 N–H and O–H groups in total. The second kappa shape index (κ2) is 5.25. The van der Waals surface area contributed by atoms with Crippen LogP contribution in [0.25, 0.3) is 0 Å². The van der Waals surface area contributed by atoms with Gasteiger partial charge in [0.25, 0.3) is 0 Å². The Labute approximate surface area is 106 Å². The van der Waals surface area contributed by atoms with Crippen LogP contribution >= 0.6 is 0 Å². The maximum absolute atomic E-state index is 3.39. The van der Waals surface area contributed by atoms with Gasteiger partial charge in [-0.3, -0.25) is 4.90 Å². The maximum atomic E-state index is 3.39. The van der Waals surface area contributed by atoms with Gasteiger partial charge in [-0.25, -0.2) is 0 Å². The molecule has 0 aromatic carbocycles. The lowest BCUT2D eigenvalue weighted by molar-refractivity contribution is 0.173. The Bertz CT molecular complexity index is 246. The van der Waals surface area contributed by atoms with Crippen molar-refractivity contribution in [2.45, 2.75) is 32.2 Å². The minimum absolute atomic E-state index is 0.879. The van der Waals surface area contributed by atoms with E-state index in [2.05, 4.69) is 22.0 Å². The molecule has 98 valence electrons. The molecule has 0 saturated carbocycles. The third-order valence-electron chi connectivity index (χ3n) is 5.07. The van der Waals surface area contributed by atoms with Crippen molar-refractivity contribution in [3.8, 4) is 0 Å². The Morgan fingerprint density at radius 3 is 2.59 bits per heavy atom. The molecule has 3 fully saturated rings. The second-order valence-electron chi connectivity index (χ2n) is 6.34. The van der Waals surface area contributed by atoms with Crippen molar-refractivity contribution in [3.63, 3.8) is 0 Å². The van der Waals surface area contributed by atoms with E-state index in [-0.39, 0.29) is 0 Å². The van der Waals surface area contributed by atoms with Crippen LogP contribution in [0.15, 0.2) is 0 Å². The number of rotatable bonds is 4. The van der Waals surface area contributed by atoms with Crippen LogP contribution in [-0.2, 0) is 0 Å². The zero-order valence-corrected chi connectivity index (χ0v) is 11.2. The first-order chi connectivity index (χ1) is 8.33. The first kappa shape index (κ1) is 11.9. The van der Waals surface area contributed by atoms with Gasteiger partial charge < -0.3 is 10.2 Å². The summed E-state index contributed by atoms with van der Waals surface area (Å²) in [5, 5.41) is 3.39. The van der Waals surface area contributed by atoms with Crippen molar-refractivity contribution < 1.29 is 0 Å². The molecule has 0 radical (unpaired) electrons. The average Bonchev–Trinajstić information content (AvgIpc) is 2.82. The Kier molecular flexibility index (Phi) is 3.69. The molecule has 2 unspecified atom stereocenters. The molecule has 2 atom stereocenters. The fourth-order valence-electron chi connectivity index (χ4n) is 3.65. The summed E-state index contributed by atoms with van der Waals surface area (Å²) in [7, 11) is 0. The normalized spacial score (nSPS) is 34.1. The second-order valence-corrected chi connectivity index (χ2v) is 6.34. The fourth-order valence-corrected chi connectivity index (χ4v) is 3.65. The highest BCUT2D eigenvalue weighted by molar-refractivity contribution is 4.88. The van der Waals surface area contributed by atoms with Crippen molar-refractivity contribution >= 4 is 0 Å². The van der Waals surface area contributed by atoms with Gasteiger partial charge in [0.15, 0.2) is 0 Å². The summed E-state index contributed by atoms with van der Waals surface area (Å²) in [6.07, 6.45) is 4.27. The predicted molar refractivity (Wildman–Crippen MR) is 71.2 cm³/mol. The van der Waals surface area contributed by atoms with E-state index in [1.165, 1.54) is 65.1 Å². The highest BCUT2D eigenvalue weighted by atomic mass is 15.3. The summed E-state index contributed by atoms with van der Waals surface area (Å²) in [5.41, 5.74) is 0. The number of nitrogens with one attached hydrogen (secondary N) is 1. The molecule has 17 heavy (non-hydrogen) atoms. The van der Waals surface area contributed by atoms with Crippen LogP contribution < -0.4 is 5.32 Å². The smallest absolute Gasteiger partial charge is 0.0235 e. The number of likely N-dealkylation sites (tertiary alicyclic amines) is 2. The molecule has 3 rings (SSSR count). The van der Waals surface area contributed by atoms with Crippen LogP contribution in [-0.4, -0.2) is 61.7 Å². The highest BCUT2D eigenvalue weighted by Gasteiger charge is 2.31. The molecule has 3 saturated heterocycles. The monoisotopic (exact) mass is 237 g/mol. The molecule has 3 heterocycles. The van der Waals surface area contributed by atoms with Crippen LogP contribution in [0.1, 0.15) is 26.2 Å². The van der Waals surface area contributed by atoms with Crippen LogP contribution in [0.2, 0.25) is 0 Å². The van der Waals surface area contributed by atoms with Gasteiger partial charge >= 0.3 is 0 Å². The van der Waals surface area contributed by atoms with E-state index in [1.807, 2.05) is 0 Å². The molecular weight excluding hydrogens is 210 g/mol. The fraction of sp³-hybridized carbons (Fsp3) is 1.00. The summed E-state index contributed by atoms with van der Waals surface area (Å²) >= 11 is 0. The maximum Gasteiger partial charge on any atom is 0.0235 e. The molecular formula is C14H27N3. The van der Waals surface area contributed by atoms with Crippen LogP contribution in [0, 0.1) is 11.8 Å². The molecule has 0 amide bonds. The van der Waals surface area contributed by atoms with E-state index in [4.69, 9.17) is 0 Å². The quantitative estimate of drug-likeness (QED) is 0.787. The van der Waals surface area contributed by atoms with Crippen molar-refractivity contribution in [2.75, 3.05) is 45.8 Å². The van der Waals surface area contributed by atoms with E-state index < -0.39 is 0 Å². The topological polar surface area (TPSA) is 18.5 Å². The van der Waals surface area contributed by atoms with Gasteiger partial charge in [-0.15, -0.1) is 0 Å². The van der Waals surface area contributed by atoms with Crippen molar-refractivity contribution in [3.05, 3.63) is 0 Å². The summed E-state index contributed by atoms with van der Waals surface area (Å²) in [6.45, 7) is 11.7. The largest absolute Gasteiger partial charge is 0.316 e. The zero-order chi connectivity index (χ0) is 11.7. The van der Waals surface area contributed by atoms with Crippen LogP contribution in [0.3, 0.4) is 0 Å². The van der Waals surface area contributed by atoms with Crippen molar-refractivity contribution in [1.82, 2.24) is 15.1 Å². The van der Waals surface area contributed by atoms with Gasteiger partial charge in [0.2, 0.25) is 0 Å². The van der Waals surface area contributed by atoms with E-state index in [1.54, 1.807) is 0 Å². The first-order valence-corrected chi connectivity index (χ1v) is 7.50. The van der Waals surface area contributed by atoms with Crippen LogP contribution in [0.4, 0.5) is 0 Å². The molecule has 3 aliphatic heterocycles. The standard InChI is InChI=1S/C14H27N3/c1-12(13-8-15-9-13)10-16-7-4-14(11-16)17-5-2-3-6-17/h12-15H,2-11H2,1H3. The van der Waals surface area contributed by atoms with E-state index in [9.17, 15) is 0 Å². The average molecular weight is 237 g/mol. The summed E-state index contributed by atoms with van der Waals surface area (Å²) in [6, 6.07) is 0.879. The lowest BCUT2D eigenvalue weighted by atomic mass is 9.88. The first-order valence-electron chi connectivity index (χ1n) is 7.50. The lowest BCUT2D eigenvalue weighted by Gasteiger charge is -2.35. The van der Waals surface area contributed by atoms with Crippen molar-refractivity contribution in [1.29, 1.82) is 0 Å². The third kappa shape index (κ3) is 2.67. The van der Waals surface area contributed by atoms with Crippen LogP contribution in [0.5, 0.6) is 0 Å². The molecule has 3 aliphatic rings. The SMILES string of the molecule is CC(CN1CCC(N2CCCC2)C1)C1CNC1. The lowest BCUT2D eigenvalue weighted by Crippen LogP contribution is -2.48. The molecule has 0 spiro atoms. The van der Waals surface area contributed by atoms with E-state index >= 15 is 0 Å². The van der Waals surface area contributed by atoms with Gasteiger partial charge in [-0.05, 0) is 63.8 Å². The summed E-state index contributed by atoms with van der Waals surface area (Å²) in [4.78, 5) is 5.45. The minimum Gasteiger partial charge on any atom is -0.316 e. The molecule has 0 aromatic heterocycles. The Morgan fingerprint density at radius 1 is 1.18 bits per heavy atom. The highest BCUT2D eigenvalue weighted by Crippen LogP contribution is 2.23. The van der Waals surface area contributed by atoms with Gasteiger partial charge in [0.05, 0.1) is 0 Å².